The molecule has 4 rings (SSSR count). The summed E-state index contributed by atoms with van der Waals surface area (Å²) >= 11 is 0. The minimum absolute atomic E-state index is 0.231. The second-order valence-corrected chi connectivity index (χ2v) is 8.26. The van der Waals surface area contributed by atoms with Gasteiger partial charge in [0.1, 0.15) is 0 Å². The highest BCUT2D eigenvalue weighted by molar-refractivity contribution is 5.80. The van der Waals surface area contributed by atoms with E-state index in [1.807, 2.05) is 0 Å². The van der Waals surface area contributed by atoms with Crippen molar-refractivity contribution in [1.82, 2.24) is 15.1 Å². The van der Waals surface area contributed by atoms with Gasteiger partial charge in [-0.2, -0.15) is 0 Å². The number of likely N-dealkylation sites (tertiary alicyclic amines) is 1. The summed E-state index contributed by atoms with van der Waals surface area (Å²) in [5, 5.41) is 3.48. The third-order valence-electron chi connectivity index (χ3n) is 6.02. The fraction of sp³-hybridized carbons (Fsp3) is 0.480. The van der Waals surface area contributed by atoms with Crippen LogP contribution in [0.5, 0.6) is 0 Å². The minimum atomic E-state index is 0.231. The molecule has 0 aromatic heterocycles. The van der Waals surface area contributed by atoms with Crippen LogP contribution >= 0.6 is 0 Å². The zero-order chi connectivity index (χ0) is 21.5. The van der Waals surface area contributed by atoms with Crippen molar-refractivity contribution in [2.24, 2.45) is 4.99 Å². The number of morpholine rings is 1. The van der Waals surface area contributed by atoms with Gasteiger partial charge in [0, 0.05) is 39.8 Å². The van der Waals surface area contributed by atoms with Crippen LogP contribution < -0.4 is 5.32 Å². The zero-order valence-electron chi connectivity index (χ0n) is 18.7. The van der Waals surface area contributed by atoms with Crippen LogP contribution in [0.25, 0.3) is 0 Å². The summed E-state index contributed by atoms with van der Waals surface area (Å²) < 4.78 is 11.3. The summed E-state index contributed by atoms with van der Waals surface area (Å²) in [6.07, 6.45) is 0.231. The zero-order valence-corrected chi connectivity index (χ0v) is 18.7. The van der Waals surface area contributed by atoms with Crippen LogP contribution in [0.2, 0.25) is 0 Å². The van der Waals surface area contributed by atoms with Gasteiger partial charge in [-0.15, -0.1) is 0 Å². The Morgan fingerprint density at radius 2 is 1.84 bits per heavy atom. The lowest BCUT2D eigenvalue weighted by molar-refractivity contribution is -0.0502. The summed E-state index contributed by atoms with van der Waals surface area (Å²) in [5.41, 5.74) is 3.74. The summed E-state index contributed by atoms with van der Waals surface area (Å²) in [7, 11) is 1.72. The monoisotopic (exact) mass is 422 g/mol. The molecule has 6 nitrogen and oxygen atoms in total. The van der Waals surface area contributed by atoms with Gasteiger partial charge in [-0.3, -0.25) is 4.90 Å². The number of nitrogens with one attached hydrogen (secondary N) is 1. The average molecular weight is 423 g/mol. The molecule has 2 fully saturated rings. The van der Waals surface area contributed by atoms with Gasteiger partial charge in [0.05, 0.1) is 31.9 Å². The van der Waals surface area contributed by atoms with Gasteiger partial charge in [-0.05, 0) is 23.6 Å². The van der Waals surface area contributed by atoms with Crippen LogP contribution in [0.3, 0.4) is 0 Å². The second-order valence-electron chi connectivity index (χ2n) is 8.26. The van der Waals surface area contributed by atoms with Crippen LogP contribution in [0.1, 0.15) is 23.6 Å². The summed E-state index contributed by atoms with van der Waals surface area (Å²) in [4.78, 5) is 9.87. The molecule has 0 radical (unpaired) electrons. The highest BCUT2D eigenvalue weighted by Gasteiger charge is 2.41. The molecule has 2 aromatic carbocycles. The first-order valence-corrected chi connectivity index (χ1v) is 11.3. The maximum Gasteiger partial charge on any atom is 0.194 e. The normalized spacial score (nSPS) is 21.9. The Bertz CT molecular complexity index is 840. The number of hydrogen-bond acceptors (Lipinski definition) is 4. The number of guanidine groups is 1. The van der Waals surface area contributed by atoms with Crippen molar-refractivity contribution in [3.63, 3.8) is 0 Å². The molecule has 0 amide bonds. The molecule has 0 saturated carbocycles. The van der Waals surface area contributed by atoms with Gasteiger partial charge in [0.2, 0.25) is 0 Å². The first kappa shape index (κ1) is 21.8. The number of rotatable bonds is 7. The number of nitrogens with zero attached hydrogens (tertiary/aromatic N) is 3. The topological polar surface area (TPSA) is 49.3 Å². The fourth-order valence-electron chi connectivity index (χ4n) is 4.45. The molecule has 1 N–H and O–H groups in total. The summed E-state index contributed by atoms with van der Waals surface area (Å²) in [5.74, 6) is 0.973. The van der Waals surface area contributed by atoms with Crippen molar-refractivity contribution in [3.05, 3.63) is 71.3 Å². The largest absolute Gasteiger partial charge is 0.380 e. The van der Waals surface area contributed by atoms with Crippen molar-refractivity contribution >= 4 is 5.96 Å². The molecule has 2 aliphatic rings. The average Bonchev–Trinajstić information content (AvgIpc) is 3.24. The predicted octanol–water partition coefficient (Wildman–Crippen LogP) is 2.88. The van der Waals surface area contributed by atoms with Gasteiger partial charge < -0.3 is 19.7 Å². The van der Waals surface area contributed by atoms with E-state index in [0.29, 0.717) is 19.2 Å². The lowest BCUT2D eigenvalue weighted by Gasteiger charge is -2.36. The Labute approximate surface area is 185 Å². The smallest absolute Gasteiger partial charge is 0.194 e. The van der Waals surface area contributed by atoms with E-state index in [1.165, 1.54) is 16.7 Å². The molecule has 166 valence electrons. The second kappa shape index (κ2) is 10.8. The molecule has 2 atom stereocenters. The van der Waals surface area contributed by atoms with Crippen molar-refractivity contribution in [3.8, 4) is 0 Å². The van der Waals surface area contributed by atoms with Gasteiger partial charge >= 0.3 is 0 Å². The molecule has 0 bridgehead atoms. The molecule has 0 spiro atoms. The number of ether oxygens (including phenoxy) is 2. The molecular weight excluding hydrogens is 388 g/mol. The molecule has 0 aliphatic carbocycles. The molecule has 31 heavy (non-hydrogen) atoms. The third-order valence-corrected chi connectivity index (χ3v) is 6.02. The maximum atomic E-state index is 6.15. The highest BCUT2D eigenvalue weighted by atomic mass is 16.5. The van der Waals surface area contributed by atoms with Gasteiger partial charge in [-0.25, -0.2) is 4.99 Å². The lowest BCUT2D eigenvalue weighted by Crippen LogP contribution is -2.50. The van der Waals surface area contributed by atoms with E-state index < -0.39 is 0 Å². The summed E-state index contributed by atoms with van der Waals surface area (Å²) in [6.45, 7) is 8.85. The Balaban J connectivity index is 1.42. The number of fused-ring (bicyclic) bond motifs is 1. The fourth-order valence-corrected chi connectivity index (χ4v) is 4.45. The van der Waals surface area contributed by atoms with Crippen LogP contribution in [0.15, 0.2) is 59.6 Å². The number of methoxy groups -OCH3 is 1. The van der Waals surface area contributed by atoms with Gasteiger partial charge in [0.15, 0.2) is 5.96 Å². The molecule has 2 aromatic rings. The van der Waals surface area contributed by atoms with Crippen molar-refractivity contribution in [2.45, 2.75) is 38.8 Å². The maximum absolute atomic E-state index is 6.15. The van der Waals surface area contributed by atoms with E-state index in [-0.39, 0.29) is 6.10 Å². The van der Waals surface area contributed by atoms with Crippen molar-refractivity contribution in [2.75, 3.05) is 39.9 Å². The van der Waals surface area contributed by atoms with Crippen LogP contribution in [-0.4, -0.2) is 67.8 Å². The Morgan fingerprint density at radius 3 is 2.58 bits per heavy atom. The van der Waals surface area contributed by atoms with E-state index in [9.17, 15) is 0 Å². The van der Waals surface area contributed by atoms with Crippen LogP contribution in [0, 0.1) is 0 Å². The SMILES string of the molecule is CCNC(=NCc1ccc(COC)cc1)N1CC2OCCN(Cc3ccccc3)C2C1. The lowest BCUT2D eigenvalue weighted by atomic mass is 10.1. The van der Waals surface area contributed by atoms with Crippen LogP contribution in [0.4, 0.5) is 0 Å². The van der Waals surface area contributed by atoms with Gasteiger partial charge in [-0.1, -0.05) is 54.6 Å². The predicted molar refractivity (Wildman–Crippen MR) is 124 cm³/mol. The molecule has 6 heteroatoms. The first-order valence-electron chi connectivity index (χ1n) is 11.3. The van der Waals surface area contributed by atoms with E-state index in [4.69, 9.17) is 14.5 Å². The van der Waals surface area contributed by atoms with Crippen molar-refractivity contribution in [1.29, 1.82) is 0 Å². The molecular formula is C25H34N4O2. The number of benzene rings is 2. The van der Waals surface area contributed by atoms with E-state index in [2.05, 4.69) is 76.6 Å². The molecule has 2 saturated heterocycles. The standard InChI is InChI=1S/C25H34N4O2/c1-3-26-25(27-15-20-9-11-22(12-10-20)19-30-2)29-17-23-24(18-29)31-14-13-28(23)16-21-7-5-4-6-8-21/h4-12,23-24H,3,13-19H2,1-2H3,(H,26,27). The minimum Gasteiger partial charge on any atom is -0.380 e. The highest BCUT2D eigenvalue weighted by Crippen LogP contribution is 2.25. The Hall–Kier alpha value is -2.41. The van der Waals surface area contributed by atoms with Gasteiger partial charge in [0.25, 0.3) is 0 Å². The van der Waals surface area contributed by atoms with E-state index in [0.717, 1.165) is 45.3 Å². The summed E-state index contributed by atoms with van der Waals surface area (Å²) in [6, 6.07) is 19.6. The first-order chi connectivity index (χ1) is 15.3. The van der Waals surface area contributed by atoms with E-state index >= 15 is 0 Å². The van der Waals surface area contributed by atoms with E-state index in [1.54, 1.807) is 7.11 Å². The van der Waals surface area contributed by atoms with Crippen molar-refractivity contribution < 1.29 is 9.47 Å². The number of hydrogen-bond donors (Lipinski definition) is 1. The molecule has 2 heterocycles. The Kier molecular flexibility index (Phi) is 7.57. The number of aliphatic imine (C=N–C) groups is 1. The van der Waals surface area contributed by atoms with Crippen LogP contribution in [-0.2, 0) is 29.2 Å². The molecule has 2 aliphatic heterocycles. The Morgan fingerprint density at radius 1 is 1.06 bits per heavy atom. The quantitative estimate of drug-likeness (QED) is 0.549. The third kappa shape index (κ3) is 5.64. The molecule has 2 unspecified atom stereocenters.